The number of ether oxygens (including phenoxy) is 1. The number of benzene rings is 1. The fourth-order valence-electron chi connectivity index (χ4n) is 3.21. The molecule has 162 valence electrons. The van der Waals surface area contributed by atoms with E-state index in [9.17, 15) is 26.4 Å². The molecule has 1 N–H and O–H groups in total. The highest BCUT2D eigenvalue weighted by Gasteiger charge is 2.32. The largest absolute Gasteiger partial charge is 0.573 e. The van der Waals surface area contributed by atoms with Crippen LogP contribution in [0.3, 0.4) is 0 Å². The monoisotopic (exact) mass is 443 g/mol. The Kier molecular flexibility index (Phi) is 6.61. The maximum Gasteiger partial charge on any atom is 0.573 e. The van der Waals surface area contributed by atoms with Crippen LogP contribution in [-0.2, 0) is 10.0 Å². The summed E-state index contributed by atoms with van der Waals surface area (Å²) in [7, 11) is -3.87. The SMILES string of the molecule is O=C(NC[C@H]1CCCN(S(=O)(=O)c2ccc(OC(F)(F)F)cc2)C1)c1cccnc1. The van der Waals surface area contributed by atoms with Crippen LogP contribution in [0.1, 0.15) is 23.2 Å². The van der Waals surface area contributed by atoms with Gasteiger partial charge in [0.05, 0.1) is 10.5 Å². The van der Waals surface area contributed by atoms with Crippen LogP contribution in [0.4, 0.5) is 13.2 Å². The van der Waals surface area contributed by atoms with Crippen molar-refractivity contribution in [2.24, 2.45) is 5.92 Å². The van der Waals surface area contributed by atoms with Crippen molar-refractivity contribution in [1.29, 1.82) is 0 Å². The molecule has 0 unspecified atom stereocenters. The van der Waals surface area contributed by atoms with E-state index in [0.29, 0.717) is 25.1 Å². The van der Waals surface area contributed by atoms with Crippen LogP contribution in [0, 0.1) is 5.92 Å². The molecule has 1 amide bonds. The Balaban J connectivity index is 1.61. The molecule has 30 heavy (non-hydrogen) atoms. The van der Waals surface area contributed by atoms with Gasteiger partial charge in [-0.3, -0.25) is 9.78 Å². The lowest BCUT2D eigenvalue weighted by atomic mass is 9.99. The van der Waals surface area contributed by atoms with E-state index in [0.717, 1.165) is 30.7 Å². The van der Waals surface area contributed by atoms with Gasteiger partial charge in [-0.2, -0.15) is 4.31 Å². The molecule has 1 aliphatic rings. The van der Waals surface area contributed by atoms with Crippen molar-refractivity contribution in [2.45, 2.75) is 24.1 Å². The zero-order chi connectivity index (χ0) is 21.8. The molecule has 3 rings (SSSR count). The lowest BCUT2D eigenvalue weighted by Crippen LogP contribution is -2.43. The third-order valence-electron chi connectivity index (χ3n) is 4.65. The number of sulfonamides is 1. The lowest BCUT2D eigenvalue weighted by molar-refractivity contribution is -0.274. The Morgan fingerprint density at radius 2 is 1.97 bits per heavy atom. The highest BCUT2D eigenvalue weighted by Crippen LogP contribution is 2.27. The second-order valence-electron chi connectivity index (χ2n) is 6.84. The molecule has 1 atom stereocenters. The average molecular weight is 443 g/mol. The first kappa shape index (κ1) is 22.0. The number of carbonyl (C=O) groups excluding carboxylic acids is 1. The molecule has 1 aromatic heterocycles. The maximum atomic E-state index is 12.9. The van der Waals surface area contributed by atoms with Crippen LogP contribution in [0.15, 0.2) is 53.7 Å². The summed E-state index contributed by atoms with van der Waals surface area (Å²) in [6.45, 7) is 0.810. The molecule has 0 aliphatic carbocycles. The number of alkyl halides is 3. The van der Waals surface area contributed by atoms with Crippen molar-refractivity contribution in [3.63, 3.8) is 0 Å². The van der Waals surface area contributed by atoms with Crippen LogP contribution in [0.5, 0.6) is 5.75 Å². The first-order valence-electron chi connectivity index (χ1n) is 9.19. The van der Waals surface area contributed by atoms with Crippen molar-refractivity contribution in [1.82, 2.24) is 14.6 Å². The second-order valence-corrected chi connectivity index (χ2v) is 8.78. The fraction of sp³-hybridized carbons (Fsp3) is 0.368. The minimum absolute atomic E-state index is 0.0815. The molecular weight excluding hydrogens is 423 g/mol. The van der Waals surface area contributed by atoms with Gasteiger partial charge < -0.3 is 10.1 Å². The summed E-state index contributed by atoms with van der Waals surface area (Å²) in [5.74, 6) is -0.860. The van der Waals surface area contributed by atoms with E-state index in [4.69, 9.17) is 0 Å². The van der Waals surface area contributed by atoms with Gasteiger partial charge in [-0.05, 0) is 55.2 Å². The third-order valence-corrected chi connectivity index (χ3v) is 6.53. The average Bonchev–Trinajstić information content (AvgIpc) is 2.72. The Morgan fingerprint density at radius 1 is 1.23 bits per heavy atom. The molecule has 1 saturated heterocycles. The Bertz CT molecular complexity index is 967. The van der Waals surface area contributed by atoms with E-state index in [1.807, 2.05) is 0 Å². The molecule has 7 nitrogen and oxygen atoms in total. The summed E-state index contributed by atoms with van der Waals surface area (Å²) in [5.41, 5.74) is 0.416. The number of nitrogens with one attached hydrogen (secondary N) is 1. The summed E-state index contributed by atoms with van der Waals surface area (Å²) in [6, 6.07) is 7.39. The number of piperidine rings is 1. The number of hydrogen-bond donors (Lipinski definition) is 1. The van der Waals surface area contributed by atoms with Gasteiger partial charge in [0.25, 0.3) is 5.91 Å². The summed E-state index contributed by atoms with van der Waals surface area (Å²) in [6.07, 6.45) is -0.484. The number of rotatable bonds is 6. The summed E-state index contributed by atoms with van der Waals surface area (Å²) < 4.78 is 67.6. The first-order chi connectivity index (χ1) is 14.1. The molecule has 0 spiro atoms. The van der Waals surface area contributed by atoms with Crippen molar-refractivity contribution in [3.8, 4) is 5.75 Å². The quantitative estimate of drug-likeness (QED) is 0.742. The van der Waals surface area contributed by atoms with E-state index in [1.165, 1.54) is 10.5 Å². The highest BCUT2D eigenvalue weighted by atomic mass is 32.2. The number of amides is 1. The zero-order valence-corrected chi connectivity index (χ0v) is 16.6. The van der Waals surface area contributed by atoms with E-state index < -0.39 is 22.1 Å². The maximum absolute atomic E-state index is 12.9. The number of carbonyl (C=O) groups is 1. The molecule has 0 radical (unpaired) electrons. The highest BCUT2D eigenvalue weighted by molar-refractivity contribution is 7.89. The minimum atomic E-state index is -4.85. The van der Waals surface area contributed by atoms with Gasteiger partial charge in [0.2, 0.25) is 10.0 Å². The molecule has 2 heterocycles. The van der Waals surface area contributed by atoms with Gasteiger partial charge in [-0.15, -0.1) is 13.2 Å². The topological polar surface area (TPSA) is 88.6 Å². The Labute approximate surface area is 171 Å². The summed E-state index contributed by atoms with van der Waals surface area (Å²) >= 11 is 0. The third kappa shape index (κ3) is 5.70. The van der Waals surface area contributed by atoms with Crippen molar-refractivity contribution in [2.75, 3.05) is 19.6 Å². The molecule has 0 saturated carbocycles. The number of pyridine rings is 1. The van der Waals surface area contributed by atoms with Crippen LogP contribution in [-0.4, -0.2) is 49.6 Å². The number of nitrogens with zero attached hydrogens (tertiary/aromatic N) is 2. The smallest absolute Gasteiger partial charge is 0.406 e. The van der Waals surface area contributed by atoms with Crippen LogP contribution in [0.2, 0.25) is 0 Å². The normalized spacial score (nSPS) is 18.0. The van der Waals surface area contributed by atoms with E-state index in [-0.39, 0.29) is 23.3 Å². The number of halogens is 3. The van der Waals surface area contributed by atoms with Crippen molar-refractivity contribution in [3.05, 3.63) is 54.4 Å². The molecule has 1 aromatic carbocycles. The molecule has 0 bridgehead atoms. The van der Waals surface area contributed by atoms with Gasteiger partial charge >= 0.3 is 6.36 Å². The minimum Gasteiger partial charge on any atom is -0.406 e. The predicted octanol–water partition coefficient (Wildman–Crippen LogP) is 2.81. The molecule has 1 aliphatic heterocycles. The summed E-state index contributed by atoms with van der Waals surface area (Å²) in [5, 5.41) is 2.79. The van der Waals surface area contributed by atoms with Gasteiger partial charge in [0.1, 0.15) is 5.75 Å². The summed E-state index contributed by atoms with van der Waals surface area (Å²) in [4.78, 5) is 15.9. The van der Waals surface area contributed by atoms with Gasteiger partial charge in [-0.1, -0.05) is 0 Å². The number of aromatic nitrogens is 1. The Hall–Kier alpha value is -2.66. The van der Waals surface area contributed by atoms with Crippen molar-refractivity contribution >= 4 is 15.9 Å². The fourth-order valence-corrected chi connectivity index (χ4v) is 4.77. The van der Waals surface area contributed by atoms with E-state index in [1.54, 1.807) is 18.3 Å². The van der Waals surface area contributed by atoms with E-state index in [2.05, 4.69) is 15.0 Å². The van der Waals surface area contributed by atoms with Gasteiger partial charge in [-0.25, -0.2) is 8.42 Å². The van der Waals surface area contributed by atoms with Gasteiger partial charge in [0, 0.05) is 32.0 Å². The first-order valence-corrected chi connectivity index (χ1v) is 10.6. The standard InChI is InChI=1S/C19H20F3N3O4S/c20-19(21,22)29-16-5-7-17(8-6-16)30(27,28)25-10-2-3-14(13-25)11-24-18(26)15-4-1-9-23-12-15/h1,4-9,12,14H,2-3,10-11,13H2,(H,24,26)/t14-/m1/s1. The number of hydrogen-bond acceptors (Lipinski definition) is 5. The van der Waals surface area contributed by atoms with Crippen LogP contribution >= 0.6 is 0 Å². The van der Waals surface area contributed by atoms with Crippen molar-refractivity contribution < 1.29 is 31.1 Å². The molecule has 11 heteroatoms. The molecular formula is C19H20F3N3O4S. The van der Waals surface area contributed by atoms with E-state index >= 15 is 0 Å². The second kappa shape index (κ2) is 9.00. The van der Waals surface area contributed by atoms with Crippen LogP contribution < -0.4 is 10.1 Å². The lowest BCUT2D eigenvalue weighted by Gasteiger charge is -2.32. The molecule has 2 aromatic rings. The molecule has 1 fully saturated rings. The Morgan fingerprint density at radius 3 is 2.60 bits per heavy atom. The predicted molar refractivity (Wildman–Crippen MR) is 101 cm³/mol. The van der Waals surface area contributed by atoms with Gasteiger partial charge in [0.15, 0.2) is 0 Å². The zero-order valence-electron chi connectivity index (χ0n) is 15.8. The van der Waals surface area contributed by atoms with Crippen LogP contribution in [0.25, 0.3) is 0 Å².